The molecule has 20 heavy (non-hydrogen) atoms. The van der Waals surface area contributed by atoms with Crippen molar-refractivity contribution in [1.82, 2.24) is 5.32 Å². The molecule has 0 saturated carbocycles. The lowest BCUT2D eigenvalue weighted by atomic mass is 10.3. The average molecular weight is 323 g/mol. The van der Waals surface area contributed by atoms with Crippen LogP contribution in [0, 0.1) is 0 Å². The molecule has 1 N–H and O–H groups in total. The van der Waals surface area contributed by atoms with Crippen molar-refractivity contribution in [2.75, 3.05) is 30.4 Å². The fourth-order valence-corrected chi connectivity index (χ4v) is 5.30. The van der Waals surface area contributed by atoms with Crippen LogP contribution in [0.25, 0.3) is 0 Å². The highest BCUT2D eigenvalue weighted by Crippen LogP contribution is 2.23. The van der Waals surface area contributed by atoms with Crippen LogP contribution in [0.4, 0.5) is 0 Å². The van der Waals surface area contributed by atoms with Gasteiger partial charge in [-0.05, 0) is 19.8 Å². The van der Waals surface area contributed by atoms with Crippen LogP contribution < -0.4 is 5.32 Å². The average Bonchev–Trinajstić information content (AvgIpc) is 2.72. The van der Waals surface area contributed by atoms with Crippen LogP contribution >= 0.6 is 11.8 Å². The molecule has 1 amide bonds. The summed E-state index contributed by atoms with van der Waals surface area (Å²) in [7, 11) is -2.88. The molecule has 1 saturated heterocycles. The molecule has 0 aromatic rings. The molecule has 1 atom stereocenters. The minimum atomic E-state index is -2.88. The van der Waals surface area contributed by atoms with Gasteiger partial charge in [0, 0.05) is 18.2 Å². The van der Waals surface area contributed by atoms with Gasteiger partial charge in [-0.2, -0.15) is 0 Å². The quantitative estimate of drug-likeness (QED) is 0.513. The fourth-order valence-electron chi connectivity index (χ4n) is 1.83. The summed E-state index contributed by atoms with van der Waals surface area (Å²) in [5, 5.41) is 2.74. The maximum atomic E-state index is 11.5. The monoisotopic (exact) mass is 323 g/mol. The number of thioether (sulfide) groups is 1. The molecular formula is C12H21NO5S2. The Morgan fingerprint density at radius 2 is 2.15 bits per heavy atom. The van der Waals surface area contributed by atoms with Crippen LogP contribution in [0.5, 0.6) is 0 Å². The van der Waals surface area contributed by atoms with Crippen molar-refractivity contribution in [3.8, 4) is 0 Å². The molecule has 6 nitrogen and oxygen atoms in total. The van der Waals surface area contributed by atoms with Crippen molar-refractivity contribution in [3.63, 3.8) is 0 Å². The zero-order chi connectivity index (χ0) is 15.0. The molecule has 0 aliphatic carbocycles. The molecule has 0 aromatic heterocycles. The molecule has 1 aliphatic rings. The zero-order valence-corrected chi connectivity index (χ0v) is 13.2. The molecule has 1 heterocycles. The highest BCUT2D eigenvalue weighted by atomic mass is 32.2. The van der Waals surface area contributed by atoms with Gasteiger partial charge in [-0.3, -0.25) is 9.59 Å². The van der Waals surface area contributed by atoms with Crippen LogP contribution in [0.15, 0.2) is 0 Å². The molecule has 116 valence electrons. The minimum absolute atomic E-state index is 0.0327. The molecule has 1 rings (SSSR count). The Hall–Kier alpha value is -0.760. The van der Waals surface area contributed by atoms with E-state index in [1.54, 1.807) is 6.92 Å². The standard InChI is InChI=1S/C12H21NO5S2/c1-2-18-12(15)4-3-6-13-11(14)8-19-10-5-7-20(16,17)9-10/h10H,2-9H2,1H3,(H,13,14). The molecule has 8 heteroatoms. The Morgan fingerprint density at radius 1 is 1.40 bits per heavy atom. The van der Waals surface area contributed by atoms with Gasteiger partial charge in [0.25, 0.3) is 0 Å². The van der Waals surface area contributed by atoms with Gasteiger partial charge < -0.3 is 10.1 Å². The van der Waals surface area contributed by atoms with Crippen molar-refractivity contribution in [2.45, 2.75) is 31.4 Å². The summed E-state index contributed by atoms with van der Waals surface area (Å²) in [4.78, 5) is 22.6. The number of hydrogen-bond acceptors (Lipinski definition) is 6. The largest absolute Gasteiger partial charge is 0.466 e. The van der Waals surface area contributed by atoms with Gasteiger partial charge in [0.2, 0.25) is 5.91 Å². The first kappa shape index (κ1) is 17.3. The maximum Gasteiger partial charge on any atom is 0.305 e. The van der Waals surface area contributed by atoms with Crippen molar-refractivity contribution in [1.29, 1.82) is 0 Å². The number of ether oxygens (including phenoxy) is 1. The van der Waals surface area contributed by atoms with E-state index in [1.165, 1.54) is 11.8 Å². The predicted molar refractivity (Wildman–Crippen MR) is 78.4 cm³/mol. The molecule has 0 aromatic carbocycles. The lowest BCUT2D eigenvalue weighted by Gasteiger charge is -2.08. The fraction of sp³-hybridized carbons (Fsp3) is 0.833. The molecule has 0 spiro atoms. The van der Waals surface area contributed by atoms with Gasteiger partial charge in [-0.25, -0.2) is 8.42 Å². The maximum absolute atomic E-state index is 11.5. The third-order valence-corrected chi connectivity index (χ3v) is 6.11. The van der Waals surface area contributed by atoms with Crippen LogP contribution in [0.3, 0.4) is 0 Å². The second kappa shape index (κ2) is 8.51. The van der Waals surface area contributed by atoms with Crippen LogP contribution in [0.2, 0.25) is 0 Å². The topological polar surface area (TPSA) is 89.5 Å². The third kappa shape index (κ3) is 7.14. The summed E-state index contributed by atoms with van der Waals surface area (Å²) in [6.45, 7) is 2.55. The molecular weight excluding hydrogens is 302 g/mol. The lowest BCUT2D eigenvalue weighted by molar-refractivity contribution is -0.143. The van der Waals surface area contributed by atoms with Crippen LogP contribution in [-0.2, 0) is 24.2 Å². The second-order valence-corrected chi connectivity index (χ2v) is 8.11. The smallest absolute Gasteiger partial charge is 0.305 e. The first-order valence-corrected chi connectivity index (χ1v) is 9.54. The number of carbonyl (C=O) groups excluding carboxylic acids is 2. The van der Waals surface area contributed by atoms with Crippen LogP contribution in [-0.4, -0.2) is 56.0 Å². The summed E-state index contributed by atoms with van der Waals surface area (Å²) in [6.07, 6.45) is 1.47. The van der Waals surface area contributed by atoms with E-state index in [2.05, 4.69) is 5.32 Å². The van der Waals surface area contributed by atoms with E-state index in [0.29, 0.717) is 32.4 Å². The Kier molecular flexibility index (Phi) is 7.36. The Morgan fingerprint density at radius 3 is 2.75 bits per heavy atom. The van der Waals surface area contributed by atoms with Gasteiger partial charge in [0.05, 0.1) is 23.9 Å². The van der Waals surface area contributed by atoms with E-state index >= 15 is 0 Å². The Labute approximate surface area is 123 Å². The molecule has 0 radical (unpaired) electrons. The van der Waals surface area contributed by atoms with Crippen molar-refractivity contribution in [2.24, 2.45) is 0 Å². The SMILES string of the molecule is CCOC(=O)CCCNC(=O)CSC1CCS(=O)(=O)C1. The summed E-state index contributed by atoms with van der Waals surface area (Å²) < 4.78 is 27.3. The minimum Gasteiger partial charge on any atom is -0.466 e. The summed E-state index contributed by atoms with van der Waals surface area (Å²) >= 11 is 1.38. The van der Waals surface area contributed by atoms with Crippen molar-refractivity contribution >= 4 is 33.5 Å². The molecule has 0 bridgehead atoms. The number of hydrogen-bond donors (Lipinski definition) is 1. The number of carbonyl (C=O) groups is 2. The number of nitrogens with one attached hydrogen (secondary N) is 1. The molecule has 1 fully saturated rings. The number of rotatable bonds is 8. The van der Waals surface area contributed by atoms with Gasteiger partial charge in [0.15, 0.2) is 9.84 Å². The van der Waals surface area contributed by atoms with Crippen molar-refractivity contribution < 1.29 is 22.7 Å². The third-order valence-electron chi connectivity index (χ3n) is 2.83. The first-order chi connectivity index (χ1) is 9.43. The second-order valence-electron chi connectivity index (χ2n) is 4.59. The molecule has 1 aliphatic heterocycles. The van der Waals surface area contributed by atoms with Gasteiger partial charge >= 0.3 is 5.97 Å². The Balaban J connectivity index is 2.05. The predicted octanol–water partition coefficient (Wildman–Crippen LogP) is 0.366. The van der Waals surface area contributed by atoms with E-state index in [4.69, 9.17) is 4.74 Å². The summed E-state index contributed by atoms with van der Waals surface area (Å²) in [5.41, 5.74) is 0. The van der Waals surface area contributed by atoms with E-state index < -0.39 is 9.84 Å². The number of sulfone groups is 1. The van der Waals surface area contributed by atoms with E-state index in [-0.39, 0.29) is 34.4 Å². The molecule has 1 unspecified atom stereocenters. The Bertz CT molecular complexity index is 435. The summed E-state index contributed by atoms with van der Waals surface area (Å²) in [5.74, 6) is 0.287. The first-order valence-electron chi connectivity index (χ1n) is 6.67. The zero-order valence-electron chi connectivity index (χ0n) is 11.6. The van der Waals surface area contributed by atoms with Gasteiger partial charge in [0.1, 0.15) is 0 Å². The van der Waals surface area contributed by atoms with E-state index in [1.807, 2.05) is 0 Å². The number of amides is 1. The lowest BCUT2D eigenvalue weighted by Crippen LogP contribution is -2.27. The van der Waals surface area contributed by atoms with Gasteiger partial charge in [-0.1, -0.05) is 0 Å². The number of esters is 1. The van der Waals surface area contributed by atoms with Gasteiger partial charge in [-0.15, -0.1) is 11.8 Å². The highest BCUT2D eigenvalue weighted by molar-refractivity contribution is 8.02. The summed E-state index contributed by atoms with van der Waals surface area (Å²) in [6, 6.07) is 0. The van der Waals surface area contributed by atoms with Crippen LogP contribution in [0.1, 0.15) is 26.2 Å². The van der Waals surface area contributed by atoms with E-state index in [0.717, 1.165) is 0 Å². The van der Waals surface area contributed by atoms with E-state index in [9.17, 15) is 18.0 Å². The van der Waals surface area contributed by atoms with Crippen molar-refractivity contribution in [3.05, 3.63) is 0 Å². The highest BCUT2D eigenvalue weighted by Gasteiger charge is 2.28. The normalized spacial score (nSPS) is 20.6.